The van der Waals surface area contributed by atoms with Gasteiger partial charge in [-0.15, -0.1) is 11.6 Å². The van der Waals surface area contributed by atoms with Crippen LogP contribution in [0.3, 0.4) is 0 Å². The molecular weight excluding hydrogens is 228 g/mol. The minimum Gasteiger partial charge on any atom is -0.340 e. The second-order valence-corrected chi connectivity index (χ2v) is 4.47. The molecular formula is C11H15ClN2O2. The number of nitrogens with one attached hydrogen (secondary N) is 1. The number of rotatable bonds is 4. The second kappa shape index (κ2) is 5.70. The Kier molecular flexibility index (Phi) is 4.55. The van der Waals surface area contributed by atoms with Crippen molar-refractivity contribution in [3.05, 3.63) is 34.2 Å². The predicted molar refractivity (Wildman–Crippen MR) is 64.0 cm³/mol. The van der Waals surface area contributed by atoms with Crippen LogP contribution in [-0.4, -0.2) is 34.8 Å². The van der Waals surface area contributed by atoms with E-state index in [1.807, 2.05) is 6.92 Å². The van der Waals surface area contributed by atoms with Crippen LogP contribution in [0.15, 0.2) is 23.0 Å². The van der Waals surface area contributed by atoms with Gasteiger partial charge in [-0.3, -0.25) is 9.59 Å². The average molecular weight is 243 g/mol. The minimum absolute atomic E-state index is 0.0325. The van der Waals surface area contributed by atoms with Crippen LogP contribution >= 0.6 is 11.6 Å². The zero-order valence-corrected chi connectivity index (χ0v) is 10.1. The Labute approximate surface area is 99.2 Å². The number of halogens is 1. The molecule has 0 aliphatic heterocycles. The lowest BCUT2D eigenvalue weighted by Gasteiger charge is -2.17. The predicted octanol–water partition coefficient (Wildman–Crippen LogP) is 1.46. The number of carbonyl (C=O) groups is 1. The highest BCUT2D eigenvalue weighted by molar-refractivity contribution is 6.20. The first kappa shape index (κ1) is 12.8. The van der Waals surface area contributed by atoms with Crippen molar-refractivity contribution in [3.8, 4) is 0 Å². The van der Waals surface area contributed by atoms with Gasteiger partial charge in [0.1, 0.15) is 5.69 Å². The smallest absolute Gasteiger partial charge is 0.270 e. The van der Waals surface area contributed by atoms with E-state index in [0.717, 1.165) is 6.42 Å². The standard InChI is InChI=1S/C11H15ClN2O2/c1-8(12)6-7-14(2)11(16)9-4-3-5-10(15)13-9/h3-5,8H,6-7H2,1-2H3,(H,13,15). The van der Waals surface area contributed by atoms with E-state index in [1.54, 1.807) is 24.1 Å². The third-order valence-corrected chi connectivity index (χ3v) is 2.43. The highest BCUT2D eigenvalue weighted by Gasteiger charge is 2.12. The number of aromatic amines is 1. The third-order valence-electron chi connectivity index (χ3n) is 2.21. The Morgan fingerprint density at radius 2 is 2.25 bits per heavy atom. The van der Waals surface area contributed by atoms with Crippen LogP contribution in [0.5, 0.6) is 0 Å². The summed E-state index contributed by atoms with van der Waals surface area (Å²) in [6.45, 7) is 2.45. The molecule has 1 atom stereocenters. The van der Waals surface area contributed by atoms with Gasteiger partial charge in [0.25, 0.3) is 5.91 Å². The highest BCUT2D eigenvalue weighted by Crippen LogP contribution is 2.03. The number of hydrogen-bond donors (Lipinski definition) is 1. The van der Waals surface area contributed by atoms with Gasteiger partial charge in [0.05, 0.1) is 0 Å². The molecule has 1 aromatic rings. The Morgan fingerprint density at radius 1 is 1.56 bits per heavy atom. The number of amides is 1. The SMILES string of the molecule is CC(Cl)CCN(C)C(=O)c1cccc(=O)[nH]1. The highest BCUT2D eigenvalue weighted by atomic mass is 35.5. The molecule has 0 saturated heterocycles. The van der Waals surface area contributed by atoms with Crippen LogP contribution in [0, 0.1) is 0 Å². The van der Waals surface area contributed by atoms with Crippen molar-refractivity contribution in [1.82, 2.24) is 9.88 Å². The Hall–Kier alpha value is -1.29. The number of aromatic nitrogens is 1. The summed E-state index contributed by atoms with van der Waals surface area (Å²) in [4.78, 5) is 26.9. The number of hydrogen-bond acceptors (Lipinski definition) is 2. The summed E-state index contributed by atoms with van der Waals surface area (Å²) in [5, 5.41) is 0.0325. The van der Waals surface area contributed by atoms with E-state index in [4.69, 9.17) is 11.6 Å². The first-order valence-electron chi connectivity index (χ1n) is 5.09. The van der Waals surface area contributed by atoms with Gasteiger partial charge in [0.2, 0.25) is 5.56 Å². The van der Waals surface area contributed by atoms with E-state index < -0.39 is 0 Å². The fourth-order valence-corrected chi connectivity index (χ4v) is 1.35. The Bertz CT molecular complexity index is 414. The van der Waals surface area contributed by atoms with Crippen molar-refractivity contribution in [2.45, 2.75) is 18.7 Å². The molecule has 0 spiro atoms. The zero-order chi connectivity index (χ0) is 12.1. The van der Waals surface area contributed by atoms with Gasteiger partial charge < -0.3 is 9.88 Å². The summed E-state index contributed by atoms with van der Waals surface area (Å²) >= 11 is 5.80. The van der Waals surface area contributed by atoms with E-state index in [0.29, 0.717) is 12.2 Å². The quantitative estimate of drug-likeness (QED) is 0.813. The molecule has 0 bridgehead atoms. The maximum absolute atomic E-state index is 11.8. The molecule has 0 radical (unpaired) electrons. The van der Waals surface area contributed by atoms with Gasteiger partial charge >= 0.3 is 0 Å². The topological polar surface area (TPSA) is 53.2 Å². The van der Waals surface area contributed by atoms with Crippen molar-refractivity contribution in [3.63, 3.8) is 0 Å². The molecule has 1 N–H and O–H groups in total. The fraction of sp³-hybridized carbons (Fsp3) is 0.455. The van der Waals surface area contributed by atoms with Crippen molar-refractivity contribution in [1.29, 1.82) is 0 Å². The first-order valence-corrected chi connectivity index (χ1v) is 5.53. The molecule has 1 amide bonds. The van der Waals surface area contributed by atoms with E-state index in [9.17, 15) is 9.59 Å². The van der Waals surface area contributed by atoms with Crippen molar-refractivity contribution in [2.24, 2.45) is 0 Å². The van der Waals surface area contributed by atoms with Gasteiger partial charge in [0.15, 0.2) is 0 Å². The molecule has 0 saturated carbocycles. The van der Waals surface area contributed by atoms with Crippen LogP contribution in [-0.2, 0) is 0 Å². The summed E-state index contributed by atoms with van der Waals surface area (Å²) in [6, 6.07) is 4.52. The Balaban J connectivity index is 2.67. The molecule has 1 rings (SSSR count). The van der Waals surface area contributed by atoms with E-state index in [1.165, 1.54) is 6.07 Å². The van der Waals surface area contributed by atoms with Crippen molar-refractivity contribution >= 4 is 17.5 Å². The molecule has 88 valence electrons. The molecule has 0 aromatic carbocycles. The fourth-order valence-electron chi connectivity index (χ4n) is 1.25. The van der Waals surface area contributed by atoms with Crippen molar-refractivity contribution in [2.75, 3.05) is 13.6 Å². The number of H-pyrrole nitrogens is 1. The molecule has 4 nitrogen and oxygen atoms in total. The zero-order valence-electron chi connectivity index (χ0n) is 9.37. The minimum atomic E-state index is -0.273. The maximum Gasteiger partial charge on any atom is 0.270 e. The molecule has 1 aromatic heterocycles. The van der Waals surface area contributed by atoms with Crippen LogP contribution in [0.25, 0.3) is 0 Å². The number of nitrogens with zero attached hydrogens (tertiary/aromatic N) is 1. The summed E-state index contributed by atoms with van der Waals surface area (Å²) in [7, 11) is 1.69. The largest absolute Gasteiger partial charge is 0.340 e. The molecule has 16 heavy (non-hydrogen) atoms. The monoisotopic (exact) mass is 242 g/mol. The van der Waals surface area contributed by atoms with Crippen LogP contribution < -0.4 is 5.56 Å². The molecule has 0 fully saturated rings. The lowest BCUT2D eigenvalue weighted by molar-refractivity contribution is 0.0787. The van der Waals surface area contributed by atoms with Crippen LogP contribution in [0.4, 0.5) is 0 Å². The molecule has 0 aliphatic carbocycles. The second-order valence-electron chi connectivity index (χ2n) is 3.72. The van der Waals surface area contributed by atoms with E-state index in [2.05, 4.69) is 4.98 Å². The molecule has 1 unspecified atom stereocenters. The summed E-state index contributed by atoms with van der Waals surface area (Å²) in [5.41, 5.74) is 0.0298. The van der Waals surface area contributed by atoms with Gasteiger partial charge in [-0.2, -0.15) is 0 Å². The summed E-state index contributed by atoms with van der Waals surface area (Å²) in [6.07, 6.45) is 0.723. The molecule has 5 heteroatoms. The van der Waals surface area contributed by atoms with Crippen LogP contribution in [0.2, 0.25) is 0 Å². The van der Waals surface area contributed by atoms with Gasteiger partial charge in [-0.25, -0.2) is 0 Å². The molecule has 0 aliphatic rings. The van der Waals surface area contributed by atoms with Gasteiger partial charge in [-0.05, 0) is 19.4 Å². The Morgan fingerprint density at radius 3 is 2.81 bits per heavy atom. The number of carbonyl (C=O) groups excluding carboxylic acids is 1. The summed E-state index contributed by atoms with van der Waals surface area (Å²) in [5.74, 6) is -0.199. The average Bonchev–Trinajstić information content (AvgIpc) is 2.24. The van der Waals surface area contributed by atoms with E-state index >= 15 is 0 Å². The maximum atomic E-state index is 11.8. The third kappa shape index (κ3) is 3.70. The van der Waals surface area contributed by atoms with Gasteiger partial charge in [0, 0.05) is 25.0 Å². The van der Waals surface area contributed by atoms with Gasteiger partial charge in [-0.1, -0.05) is 6.07 Å². The molecule has 1 heterocycles. The van der Waals surface area contributed by atoms with Crippen molar-refractivity contribution < 1.29 is 4.79 Å². The lowest BCUT2D eigenvalue weighted by Crippen LogP contribution is -2.30. The normalized spacial score (nSPS) is 12.2. The first-order chi connectivity index (χ1) is 7.50. The number of pyridine rings is 1. The number of alkyl halides is 1. The lowest BCUT2D eigenvalue weighted by atomic mass is 10.3. The van der Waals surface area contributed by atoms with Crippen LogP contribution in [0.1, 0.15) is 23.8 Å². The van der Waals surface area contributed by atoms with E-state index in [-0.39, 0.29) is 16.8 Å². The summed E-state index contributed by atoms with van der Waals surface area (Å²) < 4.78 is 0.